The summed E-state index contributed by atoms with van der Waals surface area (Å²) in [7, 11) is 1.91. The van der Waals surface area contributed by atoms with Gasteiger partial charge in [0.1, 0.15) is 0 Å². The van der Waals surface area contributed by atoms with E-state index in [0.717, 1.165) is 25.9 Å². The summed E-state index contributed by atoms with van der Waals surface area (Å²) in [5.41, 5.74) is 5.19. The third kappa shape index (κ3) is 2.70. The van der Waals surface area contributed by atoms with Gasteiger partial charge >= 0.3 is 0 Å². The smallest absolute Gasteiger partial charge is 0.263 e. The number of carbonyl (C=O) groups excluding carboxylic acids is 2. The van der Waals surface area contributed by atoms with Crippen LogP contribution >= 0.6 is 11.3 Å². The topological polar surface area (TPSA) is 75.4 Å². The molecular formula is C12H17N3O2S. The number of carbonyl (C=O) groups is 2. The van der Waals surface area contributed by atoms with Crippen molar-refractivity contribution >= 4 is 23.2 Å². The van der Waals surface area contributed by atoms with Crippen LogP contribution in [0.25, 0.3) is 0 Å². The Morgan fingerprint density at radius 1 is 1.44 bits per heavy atom. The van der Waals surface area contributed by atoms with Crippen molar-refractivity contribution in [3.8, 4) is 0 Å². The van der Waals surface area contributed by atoms with Gasteiger partial charge in [0, 0.05) is 19.1 Å². The number of primary amides is 1. The second kappa shape index (κ2) is 5.49. The molecule has 98 valence electrons. The number of nitrogens with zero attached hydrogens (tertiary/aromatic N) is 1. The minimum atomic E-state index is -0.481. The van der Waals surface area contributed by atoms with Crippen molar-refractivity contribution in [2.24, 2.45) is 5.73 Å². The molecule has 1 unspecified atom stereocenters. The summed E-state index contributed by atoms with van der Waals surface area (Å²) in [4.78, 5) is 26.1. The van der Waals surface area contributed by atoms with Crippen LogP contribution in [0.3, 0.4) is 0 Å². The standard InChI is InChI=1S/C12H17N3O2S/c1-14-8-3-2-6-15(7-8)12(17)10-5-4-9(18-10)11(13)16/h4-5,8,14H,2-3,6-7H2,1H3,(H2,13,16). The molecule has 0 aromatic carbocycles. The Morgan fingerprint density at radius 3 is 2.78 bits per heavy atom. The summed E-state index contributed by atoms with van der Waals surface area (Å²) in [5, 5.41) is 3.20. The van der Waals surface area contributed by atoms with Gasteiger partial charge < -0.3 is 16.0 Å². The van der Waals surface area contributed by atoms with E-state index in [1.807, 2.05) is 11.9 Å². The maximum atomic E-state index is 12.3. The van der Waals surface area contributed by atoms with E-state index in [4.69, 9.17) is 5.73 Å². The zero-order valence-corrected chi connectivity index (χ0v) is 11.1. The number of nitrogens with one attached hydrogen (secondary N) is 1. The van der Waals surface area contributed by atoms with E-state index >= 15 is 0 Å². The van der Waals surface area contributed by atoms with Crippen LogP contribution < -0.4 is 11.1 Å². The quantitative estimate of drug-likeness (QED) is 0.845. The lowest BCUT2D eigenvalue weighted by molar-refractivity contribution is 0.0703. The van der Waals surface area contributed by atoms with E-state index in [1.54, 1.807) is 12.1 Å². The van der Waals surface area contributed by atoms with Gasteiger partial charge in [-0.3, -0.25) is 9.59 Å². The Kier molecular flexibility index (Phi) is 3.98. The number of nitrogens with two attached hydrogens (primary N) is 1. The zero-order chi connectivity index (χ0) is 13.1. The van der Waals surface area contributed by atoms with Crippen LogP contribution in [0.4, 0.5) is 0 Å². The Morgan fingerprint density at radius 2 is 2.17 bits per heavy atom. The first kappa shape index (κ1) is 13.0. The number of amides is 2. The lowest BCUT2D eigenvalue weighted by atomic mass is 10.1. The molecule has 0 aliphatic carbocycles. The molecule has 2 heterocycles. The summed E-state index contributed by atoms with van der Waals surface area (Å²) >= 11 is 1.17. The molecule has 6 heteroatoms. The second-order valence-electron chi connectivity index (χ2n) is 4.41. The van der Waals surface area contributed by atoms with Crippen molar-refractivity contribution < 1.29 is 9.59 Å². The Balaban J connectivity index is 2.07. The largest absolute Gasteiger partial charge is 0.365 e. The minimum absolute atomic E-state index is 0.00699. The van der Waals surface area contributed by atoms with Crippen molar-refractivity contribution in [1.82, 2.24) is 10.2 Å². The molecule has 1 aliphatic heterocycles. The molecule has 2 rings (SSSR count). The van der Waals surface area contributed by atoms with Gasteiger partial charge in [0.25, 0.3) is 11.8 Å². The van der Waals surface area contributed by atoms with Crippen molar-refractivity contribution in [2.75, 3.05) is 20.1 Å². The molecule has 1 fully saturated rings. The predicted octanol–water partition coefficient (Wildman–Crippen LogP) is 0.671. The highest BCUT2D eigenvalue weighted by molar-refractivity contribution is 7.15. The van der Waals surface area contributed by atoms with E-state index in [0.29, 0.717) is 15.8 Å². The maximum Gasteiger partial charge on any atom is 0.263 e. The molecule has 1 aliphatic rings. The van der Waals surface area contributed by atoms with E-state index < -0.39 is 5.91 Å². The van der Waals surface area contributed by atoms with E-state index in [1.165, 1.54) is 11.3 Å². The average Bonchev–Trinajstić information content (AvgIpc) is 2.87. The molecule has 0 saturated carbocycles. The maximum absolute atomic E-state index is 12.3. The summed E-state index contributed by atoms with van der Waals surface area (Å²) in [6.45, 7) is 1.50. The number of hydrogen-bond donors (Lipinski definition) is 2. The van der Waals surface area contributed by atoms with Crippen LogP contribution in [0, 0.1) is 0 Å². The zero-order valence-electron chi connectivity index (χ0n) is 10.3. The number of likely N-dealkylation sites (N-methyl/N-ethyl adjacent to an activating group) is 1. The third-order valence-electron chi connectivity index (χ3n) is 3.18. The number of hydrogen-bond acceptors (Lipinski definition) is 4. The fourth-order valence-corrected chi connectivity index (χ4v) is 2.96. The number of rotatable bonds is 3. The fourth-order valence-electron chi connectivity index (χ4n) is 2.14. The molecule has 18 heavy (non-hydrogen) atoms. The van der Waals surface area contributed by atoms with Crippen LogP contribution in [-0.4, -0.2) is 42.9 Å². The highest BCUT2D eigenvalue weighted by atomic mass is 32.1. The SMILES string of the molecule is CNC1CCCN(C(=O)c2ccc(C(N)=O)s2)C1. The lowest BCUT2D eigenvalue weighted by Crippen LogP contribution is -2.46. The highest BCUT2D eigenvalue weighted by Gasteiger charge is 2.24. The molecule has 1 aromatic heterocycles. The van der Waals surface area contributed by atoms with Crippen LogP contribution in [0.2, 0.25) is 0 Å². The summed E-state index contributed by atoms with van der Waals surface area (Å²) in [6.07, 6.45) is 2.10. The molecule has 1 aromatic rings. The average molecular weight is 267 g/mol. The van der Waals surface area contributed by atoms with E-state index in [9.17, 15) is 9.59 Å². The molecule has 0 bridgehead atoms. The predicted molar refractivity (Wildman–Crippen MR) is 70.8 cm³/mol. The van der Waals surface area contributed by atoms with Crippen LogP contribution in [-0.2, 0) is 0 Å². The van der Waals surface area contributed by atoms with Gasteiger partial charge in [-0.15, -0.1) is 11.3 Å². The highest BCUT2D eigenvalue weighted by Crippen LogP contribution is 2.20. The van der Waals surface area contributed by atoms with Gasteiger partial charge in [-0.25, -0.2) is 0 Å². The summed E-state index contributed by atoms with van der Waals surface area (Å²) in [6, 6.07) is 3.65. The molecule has 0 radical (unpaired) electrons. The second-order valence-corrected chi connectivity index (χ2v) is 5.49. The third-order valence-corrected chi connectivity index (χ3v) is 4.26. The van der Waals surface area contributed by atoms with Gasteiger partial charge in [0.05, 0.1) is 9.75 Å². The van der Waals surface area contributed by atoms with E-state index in [-0.39, 0.29) is 5.91 Å². The monoisotopic (exact) mass is 267 g/mol. The number of thiophene rings is 1. The van der Waals surface area contributed by atoms with Gasteiger partial charge in [-0.2, -0.15) is 0 Å². The van der Waals surface area contributed by atoms with Crippen LogP contribution in [0.5, 0.6) is 0 Å². The number of piperidine rings is 1. The lowest BCUT2D eigenvalue weighted by Gasteiger charge is -2.32. The first-order valence-corrected chi connectivity index (χ1v) is 6.79. The van der Waals surface area contributed by atoms with Crippen molar-refractivity contribution in [1.29, 1.82) is 0 Å². The normalized spacial score (nSPS) is 19.8. The van der Waals surface area contributed by atoms with Crippen LogP contribution in [0.1, 0.15) is 32.2 Å². The molecule has 2 amide bonds. The summed E-state index contributed by atoms with van der Waals surface area (Å²) < 4.78 is 0. The van der Waals surface area contributed by atoms with Crippen molar-refractivity contribution in [3.63, 3.8) is 0 Å². The Hall–Kier alpha value is -1.40. The first-order valence-electron chi connectivity index (χ1n) is 5.98. The van der Waals surface area contributed by atoms with Crippen molar-refractivity contribution in [2.45, 2.75) is 18.9 Å². The molecule has 1 atom stereocenters. The summed E-state index contributed by atoms with van der Waals surface area (Å²) in [5.74, 6) is -0.488. The molecule has 1 saturated heterocycles. The van der Waals surface area contributed by atoms with E-state index in [2.05, 4.69) is 5.32 Å². The fraction of sp³-hybridized carbons (Fsp3) is 0.500. The Labute approximate surface area is 110 Å². The minimum Gasteiger partial charge on any atom is -0.365 e. The van der Waals surface area contributed by atoms with Gasteiger partial charge in [-0.1, -0.05) is 0 Å². The molecule has 5 nitrogen and oxygen atoms in total. The van der Waals surface area contributed by atoms with Crippen molar-refractivity contribution in [3.05, 3.63) is 21.9 Å². The van der Waals surface area contributed by atoms with Gasteiger partial charge in [0.2, 0.25) is 0 Å². The van der Waals surface area contributed by atoms with Gasteiger partial charge in [0.15, 0.2) is 0 Å². The molecule has 3 N–H and O–H groups in total. The van der Waals surface area contributed by atoms with Crippen LogP contribution in [0.15, 0.2) is 12.1 Å². The molecule has 0 spiro atoms. The molecular weight excluding hydrogens is 250 g/mol. The first-order chi connectivity index (χ1) is 8.61. The number of likely N-dealkylation sites (tertiary alicyclic amines) is 1. The van der Waals surface area contributed by atoms with Gasteiger partial charge in [-0.05, 0) is 32.0 Å². The Bertz CT molecular complexity index is 458.